The van der Waals surface area contributed by atoms with Gasteiger partial charge in [-0.2, -0.15) is 15.4 Å². The van der Waals surface area contributed by atoms with Crippen molar-refractivity contribution in [3.8, 4) is 0 Å². The van der Waals surface area contributed by atoms with Gasteiger partial charge < -0.3 is 4.74 Å². The molecule has 1 saturated heterocycles. The first kappa shape index (κ1) is 8.37. The molecule has 0 amide bonds. The summed E-state index contributed by atoms with van der Waals surface area (Å²) in [4.78, 5) is 11.7. The third-order valence-corrected chi connectivity index (χ3v) is 2.20. The first-order valence-electron chi connectivity index (χ1n) is 4.35. The molecule has 1 unspecified atom stereocenters. The van der Waals surface area contributed by atoms with Crippen molar-refractivity contribution in [3.63, 3.8) is 0 Å². The second-order valence-electron chi connectivity index (χ2n) is 3.13. The van der Waals surface area contributed by atoms with Crippen LogP contribution >= 0.6 is 0 Å². The molecule has 0 radical (unpaired) electrons. The number of aromatic nitrogens is 3. The molecule has 1 aliphatic rings. The van der Waals surface area contributed by atoms with Crippen LogP contribution < -0.4 is 0 Å². The number of Topliss-reactive ketones (excluding diaryl/α,β-unsaturated/α-hetero) is 1. The summed E-state index contributed by atoms with van der Waals surface area (Å²) in [5, 5.41) is 9.78. The number of rotatable bonds is 2. The van der Waals surface area contributed by atoms with Crippen molar-refractivity contribution in [1.82, 2.24) is 15.4 Å². The van der Waals surface area contributed by atoms with E-state index in [-0.39, 0.29) is 11.7 Å². The fourth-order valence-corrected chi connectivity index (χ4v) is 1.48. The Morgan fingerprint density at radius 2 is 2.62 bits per heavy atom. The van der Waals surface area contributed by atoms with Gasteiger partial charge >= 0.3 is 0 Å². The summed E-state index contributed by atoms with van der Waals surface area (Å²) in [5.74, 6) is 0.00676. The summed E-state index contributed by atoms with van der Waals surface area (Å²) < 4.78 is 5.22. The van der Waals surface area contributed by atoms with E-state index in [1.165, 1.54) is 6.20 Å². The molecule has 5 nitrogen and oxygen atoms in total. The predicted octanol–water partition coefficient (Wildman–Crippen LogP) is 0.414. The van der Waals surface area contributed by atoms with Gasteiger partial charge in [-0.15, -0.1) is 0 Å². The third-order valence-electron chi connectivity index (χ3n) is 2.20. The first-order valence-corrected chi connectivity index (χ1v) is 4.35. The minimum Gasteiger partial charge on any atom is -0.381 e. The van der Waals surface area contributed by atoms with Crippen LogP contribution in [0.3, 0.4) is 0 Å². The Morgan fingerprint density at radius 3 is 3.23 bits per heavy atom. The van der Waals surface area contributed by atoms with Crippen LogP contribution in [0.4, 0.5) is 0 Å². The summed E-state index contributed by atoms with van der Waals surface area (Å²) in [6, 6.07) is 0. The molecular formula is C8H11N3O2. The maximum absolute atomic E-state index is 11.7. The molecule has 13 heavy (non-hydrogen) atoms. The number of hydrogen-bond donors (Lipinski definition) is 1. The summed E-state index contributed by atoms with van der Waals surface area (Å²) >= 11 is 0. The molecule has 0 bridgehead atoms. The predicted molar refractivity (Wildman–Crippen MR) is 44.3 cm³/mol. The van der Waals surface area contributed by atoms with Gasteiger partial charge in [0.25, 0.3) is 0 Å². The van der Waals surface area contributed by atoms with Crippen LogP contribution in [0.1, 0.15) is 23.3 Å². The number of H-pyrrole nitrogens is 1. The number of ketones is 1. The van der Waals surface area contributed by atoms with E-state index in [0.717, 1.165) is 19.4 Å². The van der Waals surface area contributed by atoms with Crippen LogP contribution in [0.2, 0.25) is 0 Å². The largest absolute Gasteiger partial charge is 0.381 e. The van der Waals surface area contributed by atoms with Crippen molar-refractivity contribution in [2.45, 2.75) is 12.8 Å². The van der Waals surface area contributed by atoms with Crippen molar-refractivity contribution < 1.29 is 9.53 Å². The quantitative estimate of drug-likeness (QED) is 0.671. The number of ether oxygens (including phenoxy) is 1. The summed E-state index contributed by atoms with van der Waals surface area (Å²) in [6.45, 7) is 1.29. The van der Waals surface area contributed by atoms with E-state index >= 15 is 0 Å². The number of aromatic amines is 1. The second-order valence-corrected chi connectivity index (χ2v) is 3.13. The molecular weight excluding hydrogens is 170 g/mol. The van der Waals surface area contributed by atoms with Crippen LogP contribution in [-0.2, 0) is 4.74 Å². The molecule has 0 spiro atoms. The van der Waals surface area contributed by atoms with Gasteiger partial charge in [-0.05, 0) is 12.8 Å². The van der Waals surface area contributed by atoms with Gasteiger partial charge in [0.15, 0.2) is 5.78 Å². The minimum atomic E-state index is -0.0288. The number of nitrogens with zero attached hydrogens (tertiary/aromatic N) is 2. The molecule has 1 atom stereocenters. The van der Waals surface area contributed by atoms with E-state index < -0.39 is 0 Å². The van der Waals surface area contributed by atoms with Gasteiger partial charge in [0, 0.05) is 12.5 Å². The van der Waals surface area contributed by atoms with E-state index in [4.69, 9.17) is 4.74 Å². The standard InChI is InChI=1S/C8H11N3O2/c12-8(7-4-9-11-10-7)6-2-1-3-13-5-6/h4,6H,1-3,5H2,(H,9,10,11). The molecule has 1 aromatic heterocycles. The van der Waals surface area contributed by atoms with Crippen LogP contribution in [-0.4, -0.2) is 34.4 Å². The average Bonchev–Trinajstić information content (AvgIpc) is 2.71. The van der Waals surface area contributed by atoms with Gasteiger partial charge in [-0.3, -0.25) is 4.79 Å². The van der Waals surface area contributed by atoms with Crippen LogP contribution in [0.5, 0.6) is 0 Å². The van der Waals surface area contributed by atoms with Crippen molar-refractivity contribution in [1.29, 1.82) is 0 Å². The highest BCUT2D eigenvalue weighted by Gasteiger charge is 2.24. The normalized spacial score (nSPS) is 22.9. The van der Waals surface area contributed by atoms with Crippen LogP contribution in [0.25, 0.3) is 0 Å². The van der Waals surface area contributed by atoms with E-state index in [2.05, 4.69) is 15.4 Å². The fraction of sp³-hybridized carbons (Fsp3) is 0.625. The Balaban J connectivity index is 2.04. The van der Waals surface area contributed by atoms with Gasteiger partial charge in [0.1, 0.15) is 5.69 Å². The Morgan fingerprint density at radius 1 is 1.69 bits per heavy atom. The maximum atomic E-state index is 11.7. The van der Waals surface area contributed by atoms with Gasteiger partial charge in [-0.1, -0.05) is 0 Å². The van der Waals surface area contributed by atoms with E-state index in [0.29, 0.717) is 12.3 Å². The smallest absolute Gasteiger partial charge is 0.190 e. The zero-order chi connectivity index (χ0) is 9.10. The van der Waals surface area contributed by atoms with Crippen LogP contribution in [0.15, 0.2) is 6.20 Å². The van der Waals surface area contributed by atoms with Crippen molar-refractivity contribution in [3.05, 3.63) is 11.9 Å². The lowest BCUT2D eigenvalue weighted by atomic mass is 9.96. The highest BCUT2D eigenvalue weighted by molar-refractivity contribution is 5.95. The molecule has 1 fully saturated rings. The van der Waals surface area contributed by atoms with E-state index in [1.54, 1.807) is 0 Å². The topological polar surface area (TPSA) is 67.9 Å². The average molecular weight is 181 g/mol. The molecule has 70 valence electrons. The lowest BCUT2D eigenvalue weighted by molar-refractivity contribution is 0.0458. The molecule has 1 N–H and O–H groups in total. The highest BCUT2D eigenvalue weighted by Crippen LogP contribution is 2.17. The first-order chi connectivity index (χ1) is 6.38. The van der Waals surface area contributed by atoms with Gasteiger partial charge in [0.05, 0.1) is 12.8 Å². The van der Waals surface area contributed by atoms with Crippen molar-refractivity contribution in [2.75, 3.05) is 13.2 Å². The van der Waals surface area contributed by atoms with E-state index in [9.17, 15) is 4.79 Å². The fourth-order valence-electron chi connectivity index (χ4n) is 1.48. The molecule has 0 saturated carbocycles. The lowest BCUT2D eigenvalue weighted by Crippen LogP contribution is -2.25. The number of nitrogens with one attached hydrogen (secondary N) is 1. The molecule has 5 heteroatoms. The zero-order valence-corrected chi connectivity index (χ0v) is 7.19. The number of carbonyl (C=O) groups excluding carboxylic acids is 1. The summed E-state index contributed by atoms with van der Waals surface area (Å²) in [6.07, 6.45) is 3.30. The monoisotopic (exact) mass is 181 g/mol. The number of carbonyl (C=O) groups is 1. The Kier molecular flexibility index (Phi) is 2.35. The maximum Gasteiger partial charge on any atom is 0.190 e. The second kappa shape index (κ2) is 3.66. The minimum absolute atomic E-state index is 0.0288. The third kappa shape index (κ3) is 1.75. The van der Waals surface area contributed by atoms with Gasteiger partial charge in [0.2, 0.25) is 0 Å². The Labute approximate surface area is 75.5 Å². The number of hydrogen-bond acceptors (Lipinski definition) is 4. The van der Waals surface area contributed by atoms with Gasteiger partial charge in [-0.25, -0.2) is 0 Å². The molecule has 2 heterocycles. The summed E-state index contributed by atoms with van der Waals surface area (Å²) in [7, 11) is 0. The zero-order valence-electron chi connectivity index (χ0n) is 7.19. The van der Waals surface area contributed by atoms with E-state index in [1.807, 2.05) is 0 Å². The molecule has 1 aromatic rings. The lowest BCUT2D eigenvalue weighted by Gasteiger charge is -2.19. The van der Waals surface area contributed by atoms with Crippen molar-refractivity contribution in [2.24, 2.45) is 5.92 Å². The highest BCUT2D eigenvalue weighted by atomic mass is 16.5. The Bertz CT molecular complexity index is 278. The SMILES string of the molecule is O=C(c1cn[nH]n1)C1CCCOC1. The van der Waals surface area contributed by atoms with Crippen molar-refractivity contribution >= 4 is 5.78 Å². The summed E-state index contributed by atoms with van der Waals surface area (Å²) in [5.41, 5.74) is 0.413. The van der Waals surface area contributed by atoms with Crippen LogP contribution in [0, 0.1) is 5.92 Å². The Hall–Kier alpha value is -1.23. The molecule has 2 rings (SSSR count). The molecule has 0 aromatic carbocycles. The molecule has 0 aliphatic carbocycles. The molecule has 1 aliphatic heterocycles.